The molecule has 19 heavy (non-hydrogen) atoms. The van der Waals surface area contributed by atoms with Gasteiger partial charge in [-0.25, -0.2) is 0 Å². The minimum absolute atomic E-state index is 0.131. The number of para-hydroxylation sites is 1. The Morgan fingerprint density at radius 1 is 1.37 bits per heavy atom. The Bertz CT molecular complexity index is 587. The fourth-order valence-corrected chi connectivity index (χ4v) is 2.24. The topological polar surface area (TPSA) is 56.3 Å². The average molecular weight is 260 g/mol. The highest BCUT2D eigenvalue weighted by atomic mass is 16.4. The smallest absolute Gasteiger partial charge is 0.305 e. The molecule has 0 saturated carbocycles. The molecule has 2 rings (SSSR count). The molecule has 102 valence electrons. The molecule has 1 aromatic carbocycles. The van der Waals surface area contributed by atoms with Gasteiger partial charge in [-0.3, -0.25) is 9.69 Å². The number of hydrogen-bond acceptors (Lipinski definition) is 2. The summed E-state index contributed by atoms with van der Waals surface area (Å²) >= 11 is 0. The van der Waals surface area contributed by atoms with E-state index in [0.29, 0.717) is 0 Å². The van der Waals surface area contributed by atoms with Crippen LogP contribution in [0.2, 0.25) is 0 Å². The van der Waals surface area contributed by atoms with E-state index in [0.717, 1.165) is 12.1 Å². The molecule has 0 radical (unpaired) electrons. The fraction of sp³-hybridized carbons (Fsp3) is 0.400. The molecule has 1 heterocycles. The van der Waals surface area contributed by atoms with Gasteiger partial charge in [-0.2, -0.15) is 0 Å². The largest absolute Gasteiger partial charge is 0.481 e. The molecule has 4 nitrogen and oxygen atoms in total. The number of carboxylic acids is 1. The van der Waals surface area contributed by atoms with Crippen LogP contribution in [0.4, 0.5) is 0 Å². The maximum atomic E-state index is 10.9. The number of H-pyrrole nitrogens is 1. The van der Waals surface area contributed by atoms with Crippen molar-refractivity contribution >= 4 is 16.9 Å². The molecule has 0 atom stereocenters. The van der Waals surface area contributed by atoms with Gasteiger partial charge in [-0.15, -0.1) is 0 Å². The summed E-state index contributed by atoms with van der Waals surface area (Å²) in [5.41, 5.74) is 1.93. The van der Waals surface area contributed by atoms with E-state index in [1.54, 1.807) is 0 Å². The number of hydrogen-bond donors (Lipinski definition) is 2. The molecule has 0 amide bonds. The van der Waals surface area contributed by atoms with E-state index >= 15 is 0 Å². The maximum Gasteiger partial charge on any atom is 0.305 e. The lowest BCUT2D eigenvalue weighted by atomic mass is 9.98. The number of aliphatic carboxylic acids is 1. The van der Waals surface area contributed by atoms with E-state index in [-0.39, 0.29) is 12.0 Å². The molecule has 0 bridgehead atoms. The van der Waals surface area contributed by atoms with Crippen molar-refractivity contribution in [2.45, 2.75) is 32.4 Å². The molecule has 0 unspecified atom stereocenters. The van der Waals surface area contributed by atoms with Gasteiger partial charge < -0.3 is 10.1 Å². The lowest BCUT2D eigenvalue weighted by Gasteiger charge is -2.34. The summed E-state index contributed by atoms with van der Waals surface area (Å²) in [5, 5.41) is 10.2. The monoisotopic (exact) mass is 260 g/mol. The van der Waals surface area contributed by atoms with Gasteiger partial charge in [0, 0.05) is 29.2 Å². The third-order valence-electron chi connectivity index (χ3n) is 3.70. The Balaban J connectivity index is 2.18. The molecule has 2 aromatic rings. The first-order valence-corrected chi connectivity index (χ1v) is 6.38. The van der Waals surface area contributed by atoms with Crippen molar-refractivity contribution in [3.8, 4) is 0 Å². The number of nitrogens with zero attached hydrogens (tertiary/aromatic N) is 1. The summed E-state index contributed by atoms with van der Waals surface area (Å²) in [6.07, 6.45) is 2.13. The van der Waals surface area contributed by atoms with Crippen molar-refractivity contribution in [3.05, 3.63) is 36.0 Å². The standard InChI is InChI=1S/C15H20N2O2/c1-15(2,8-14(18)19)17(3)10-11-9-16-13-7-5-4-6-12(11)13/h4-7,9,16H,8,10H2,1-3H3,(H,18,19). The molecular weight excluding hydrogens is 240 g/mol. The molecule has 0 spiro atoms. The number of rotatable bonds is 5. The van der Waals surface area contributed by atoms with Gasteiger partial charge in [-0.05, 0) is 32.5 Å². The molecule has 0 aliphatic rings. The second kappa shape index (κ2) is 5.05. The molecule has 0 aliphatic heterocycles. The van der Waals surface area contributed by atoms with Crippen molar-refractivity contribution in [3.63, 3.8) is 0 Å². The highest BCUT2D eigenvalue weighted by molar-refractivity contribution is 5.83. The first-order chi connectivity index (χ1) is 8.90. The Morgan fingerprint density at radius 2 is 2.05 bits per heavy atom. The maximum absolute atomic E-state index is 10.9. The fourth-order valence-electron chi connectivity index (χ4n) is 2.24. The lowest BCUT2D eigenvalue weighted by Crippen LogP contribution is -2.42. The number of carboxylic acid groups (broad SMARTS) is 1. The first kappa shape index (κ1) is 13.6. The van der Waals surface area contributed by atoms with Gasteiger partial charge in [0.15, 0.2) is 0 Å². The number of aromatic nitrogens is 1. The zero-order valence-electron chi connectivity index (χ0n) is 11.6. The second-order valence-electron chi connectivity index (χ2n) is 5.60. The minimum atomic E-state index is -0.768. The molecule has 4 heteroatoms. The highest BCUT2D eigenvalue weighted by Gasteiger charge is 2.27. The van der Waals surface area contributed by atoms with Gasteiger partial charge in [-0.1, -0.05) is 18.2 Å². The van der Waals surface area contributed by atoms with E-state index in [1.165, 1.54) is 10.9 Å². The summed E-state index contributed by atoms with van der Waals surface area (Å²) < 4.78 is 0. The number of nitrogens with one attached hydrogen (secondary N) is 1. The summed E-state index contributed by atoms with van der Waals surface area (Å²) in [7, 11) is 1.96. The lowest BCUT2D eigenvalue weighted by molar-refractivity contribution is -0.139. The zero-order valence-corrected chi connectivity index (χ0v) is 11.6. The van der Waals surface area contributed by atoms with Gasteiger partial charge >= 0.3 is 5.97 Å². The summed E-state index contributed by atoms with van der Waals surface area (Å²) in [6.45, 7) is 4.64. The predicted molar refractivity (Wildman–Crippen MR) is 76.1 cm³/mol. The van der Waals surface area contributed by atoms with Crippen molar-refractivity contribution < 1.29 is 9.90 Å². The number of aromatic amines is 1. The third-order valence-corrected chi connectivity index (χ3v) is 3.70. The zero-order chi connectivity index (χ0) is 14.0. The van der Waals surface area contributed by atoms with E-state index in [2.05, 4.69) is 16.0 Å². The van der Waals surface area contributed by atoms with Gasteiger partial charge in [0.1, 0.15) is 0 Å². The van der Waals surface area contributed by atoms with Crippen LogP contribution in [0.1, 0.15) is 25.8 Å². The van der Waals surface area contributed by atoms with Crippen molar-refractivity contribution in [2.24, 2.45) is 0 Å². The normalized spacial score (nSPS) is 12.2. The average Bonchev–Trinajstić information content (AvgIpc) is 2.71. The Labute approximate surface area is 113 Å². The van der Waals surface area contributed by atoms with Gasteiger partial charge in [0.25, 0.3) is 0 Å². The van der Waals surface area contributed by atoms with Crippen LogP contribution < -0.4 is 0 Å². The van der Waals surface area contributed by atoms with Crippen LogP contribution in [0.3, 0.4) is 0 Å². The van der Waals surface area contributed by atoms with Crippen molar-refractivity contribution in [1.29, 1.82) is 0 Å². The van der Waals surface area contributed by atoms with Crippen LogP contribution in [0, 0.1) is 0 Å². The van der Waals surface area contributed by atoms with E-state index in [4.69, 9.17) is 5.11 Å². The SMILES string of the molecule is CN(Cc1c[nH]c2ccccc12)C(C)(C)CC(=O)O. The second-order valence-corrected chi connectivity index (χ2v) is 5.60. The minimum Gasteiger partial charge on any atom is -0.481 e. The van der Waals surface area contributed by atoms with Crippen LogP contribution in [0.5, 0.6) is 0 Å². The summed E-state index contributed by atoms with van der Waals surface area (Å²) in [5.74, 6) is -0.768. The van der Waals surface area contributed by atoms with Crippen LogP contribution >= 0.6 is 0 Å². The van der Waals surface area contributed by atoms with Crippen LogP contribution in [0.25, 0.3) is 10.9 Å². The number of carbonyl (C=O) groups is 1. The van der Waals surface area contributed by atoms with E-state index in [9.17, 15) is 4.79 Å². The quantitative estimate of drug-likeness (QED) is 0.869. The van der Waals surface area contributed by atoms with Crippen LogP contribution in [0.15, 0.2) is 30.5 Å². The molecule has 0 aliphatic carbocycles. The van der Waals surface area contributed by atoms with Crippen LogP contribution in [-0.2, 0) is 11.3 Å². The molecule has 2 N–H and O–H groups in total. The van der Waals surface area contributed by atoms with E-state index < -0.39 is 5.97 Å². The number of benzene rings is 1. The Hall–Kier alpha value is -1.81. The van der Waals surface area contributed by atoms with Crippen molar-refractivity contribution in [1.82, 2.24) is 9.88 Å². The third kappa shape index (κ3) is 2.96. The van der Waals surface area contributed by atoms with Gasteiger partial charge in [0.2, 0.25) is 0 Å². The Morgan fingerprint density at radius 3 is 2.74 bits per heavy atom. The molecular formula is C15H20N2O2. The summed E-state index contributed by atoms with van der Waals surface area (Å²) in [6, 6.07) is 8.14. The highest BCUT2D eigenvalue weighted by Crippen LogP contribution is 2.24. The van der Waals surface area contributed by atoms with E-state index in [1.807, 2.05) is 45.3 Å². The van der Waals surface area contributed by atoms with Crippen LogP contribution in [-0.4, -0.2) is 33.5 Å². The summed E-state index contributed by atoms with van der Waals surface area (Å²) in [4.78, 5) is 16.2. The molecule has 0 fully saturated rings. The van der Waals surface area contributed by atoms with Gasteiger partial charge in [0.05, 0.1) is 6.42 Å². The first-order valence-electron chi connectivity index (χ1n) is 6.38. The molecule has 0 saturated heterocycles. The Kier molecular flexibility index (Phi) is 3.62. The van der Waals surface area contributed by atoms with Crippen molar-refractivity contribution in [2.75, 3.05) is 7.05 Å². The number of fused-ring (bicyclic) bond motifs is 1. The molecule has 1 aromatic heterocycles. The predicted octanol–water partition coefficient (Wildman–Crippen LogP) is 2.85.